The minimum Gasteiger partial charge on any atom is -0.343 e. The van der Waals surface area contributed by atoms with Gasteiger partial charge in [0, 0.05) is 40.7 Å². The van der Waals surface area contributed by atoms with Crippen molar-refractivity contribution < 1.29 is 4.79 Å². The number of carbonyl (C=O) groups excluding carboxylic acids is 1. The summed E-state index contributed by atoms with van der Waals surface area (Å²) >= 11 is 6.22. The summed E-state index contributed by atoms with van der Waals surface area (Å²) in [6, 6.07) is 25.6. The van der Waals surface area contributed by atoms with Crippen LogP contribution in [0.15, 0.2) is 85.1 Å². The SMILES string of the molecule is O=C(Cc1cn(Cc2ccccc2)c2ccc(Cl)cc12)c1ccccc1. The summed E-state index contributed by atoms with van der Waals surface area (Å²) in [6.07, 6.45) is 2.44. The second kappa shape index (κ2) is 7.19. The van der Waals surface area contributed by atoms with E-state index in [0.29, 0.717) is 11.4 Å². The number of carbonyl (C=O) groups is 1. The Labute approximate surface area is 157 Å². The molecule has 0 spiro atoms. The number of Topliss-reactive ketones (excluding diaryl/α,β-unsaturated/α-hetero) is 1. The maximum absolute atomic E-state index is 12.7. The zero-order chi connectivity index (χ0) is 17.9. The number of benzene rings is 3. The summed E-state index contributed by atoms with van der Waals surface area (Å²) < 4.78 is 2.19. The molecule has 0 fully saturated rings. The van der Waals surface area contributed by atoms with Crippen LogP contribution in [0.25, 0.3) is 10.9 Å². The Bertz CT molecular complexity index is 1050. The van der Waals surface area contributed by atoms with Crippen LogP contribution in [-0.2, 0) is 13.0 Å². The lowest BCUT2D eigenvalue weighted by molar-refractivity contribution is 0.0993. The molecule has 3 aromatic carbocycles. The first-order chi connectivity index (χ1) is 12.7. The molecule has 0 unspecified atom stereocenters. The van der Waals surface area contributed by atoms with Crippen molar-refractivity contribution in [3.63, 3.8) is 0 Å². The summed E-state index contributed by atoms with van der Waals surface area (Å²) in [6.45, 7) is 0.762. The fourth-order valence-electron chi connectivity index (χ4n) is 3.29. The van der Waals surface area contributed by atoms with Crippen LogP contribution in [0.2, 0.25) is 5.02 Å². The van der Waals surface area contributed by atoms with Crippen LogP contribution >= 0.6 is 11.6 Å². The van der Waals surface area contributed by atoms with E-state index < -0.39 is 0 Å². The molecule has 0 radical (unpaired) electrons. The van der Waals surface area contributed by atoms with Gasteiger partial charge in [-0.05, 0) is 29.3 Å². The molecule has 0 aliphatic heterocycles. The van der Waals surface area contributed by atoms with Gasteiger partial charge in [-0.25, -0.2) is 0 Å². The Morgan fingerprint density at radius 1 is 0.885 bits per heavy atom. The van der Waals surface area contributed by atoms with Crippen molar-refractivity contribution >= 4 is 28.3 Å². The van der Waals surface area contributed by atoms with Crippen molar-refractivity contribution in [3.8, 4) is 0 Å². The van der Waals surface area contributed by atoms with E-state index >= 15 is 0 Å². The Morgan fingerprint density at radius 2 is 1.58 bits per heavy atom. The third kappa shape index (κ3) is 3.42. The van der Waals surface area contributed by atoms with Gasteiger partial charge in [0.15, 0.2) is 5.78 Å². The van der Waals surface area contributed by atoms with E-state index in [1.807, 2.05) is 66.7 Å². The van der Waals surface area contributed by atoms with Gasteiger partial charge >= 0.3 is 0 Å². The first-order valence-corrected chi connectivity index (χ1v) is 8.98. The number of hydrogen-bond donors (Lipinski definition) is 0. The van der Waals surface area contributed by atoms with Gasteiger partial charge in [0.25, 0.3) is 0 Å². The topological polar surface area (TPSA) is 22.0 Å². The fraction of sp³-hybridized carbons (Fsp3) is 0.0870. The minimum atomic E-state index is 0.115. The normalized spacial score (nSPS) is 11.0. The van der Waals surface area contributed by atoms with Crippen molar-refractivity contribution in [2.24, 2.45) is 0 Å². The Kier molecular flexibility index (Phi) is 4.59. The quantitative estimate of drug-likeness (QED) is 0.415. The number of rotatable bonds is 5. The zero-order valence-electron chi connectivity index (χ0n) is 14.2. The minimum absolute atomic E-state index is 0.115. The number of hydrogen-bond acceptors (Lipinski definition) is 1. The Morgan fingerprint density at radius 3 is 2.31 bits per heavy atom. The molecule has 4 rings (SSSR count). The van der Waals surface area contributed by atoms with E-state index in [9.17, 15) is 4.79 Å². The molecule has 1 heterocycles. The number of halogens is 1. The summed E-state index contributed by atoms with van der Waals surface area (Å²) in [5.74, 6) is 0.115. The number of ketones is 1. The molecule has 0 atom stereocenters. The van der Waals surface area contributed by atoms with E-state index in [0.717, 1.165) is 28.6 Å². The highest BCUT2D eigenvalue weighted by Crippen LogP contribution is 2.27. The molecule has 0 aliphatic rings. The molecule has 0 saturated carbocycles. The molecule has 1 aromatic heterocycles. The van der Waals surface area contributed by atoms with Gasteiger partial charge in [-0.15, -0.1) is 0 Å². The predicted octanol–water partition coefficient (Wildman–Crippen LogP) is 5.77. The fourth-order valence-corrected chi connectivity index (χ4v) is 3.47. The van der Waals surface area contributed by atoms with Gasteiger partial charge in [-0.1, -0.05) is 72.3 Å². The number of fused-ring (bicyclic) bond motifs is 1. The molecule has 4 aromatic rings. The van der Waals surface area contributed by atoms with Crippen molar-refractivity contribution in [2.75, 3.05) is 0 Å². The smallest absolute Gasteiger partial charge is 0.167 e. The Balaban J connectivity index is 1.72. The zero-order valence-corrected chi connectivity index (χ0v) is 15.0. The lowest BCUT2D eigenvalue weighted by Gasteiger charge is -2.05. The maximum atomic E-state index is 12.7. The largest absolute Gasteiger partial charge is 0.343 e. The maximum Gasteiger partial charge on any atom is 0.167 e. The molecule has 0 saturated heterocycles. The molecule has 0 amide bonds. The van der Waals surface area contributed by atoms with Gasteiger partial charge in [0.2, 0.25) is 0 Å². The van der Waals surface area contributed by atoms with Crippen molar-refractivity contribution in [1.82, 2.24) is 4.57 Å². The number of aromatic nitrogens is 1. The van der Waals surface area contributed by atoms with Crippen LogP contribution < -0.4 is 0 Å². The summed E-state index contributed by atoms with van der Waals surface area (Å²) in [5, 5.41) is 1.72. The van der Waals surface area contributed by atoms with E-state index in [2.05, 4.69) is 22.9 Å². The highest BCUT2D eigenvalue weighted by atomic mass is 35.5. The van der Waals surface area contributed by atoms with Crippen molar-refractivity contribution in [3.05, 3.63) is 107 Å². The van der Waals surface area contributed by atoms with Gasteiger partial charge in [0.05, 0.1) is 0 Å². The van der Waals surface area contributed by atoms with E-state index in [1.54, 1.807) is 0 Å². The van der Waals surface area contributed by atoms with Crippen LogP contribution in [0.3, 0.4) is 0 Å². The molecule has 2 nitrogen and oxygen atoms in total. The lowest BCUT2D eigenvalue weighted by atomic mass is 10.0. The summed E-state index contributed by atoms with van der Waals surface area (Å²) in [4.78, 5) is 12.7. The second-order valence-electron chi connectivity index (χ2n) is 6.40. The van der Waals surface area contributed by atoms with Gasteiger partial charge < -0.3 is 4.57 Å². The lowest BCUT2D eigenvalue weighted by Crippen LogP contribution is -2.03. The summed E-state index contributed by atoms with van der Waals surface area (Å²) in [5.41, 5.74) is 4.06. The molecule has 26 heavy (non-hydrogen) atoms. The van der Waals surface area contributed by atoms with E-state index in [-0.39, 0.29) is 5.78 Å². The van der Waals surface area contributed by atoms with Gasteiger partial charge in [-0.3, -0.25) is 4.79 Å². The van der Waals surface area contributed by atoms with Gasteiger partial charge in [-0.2, -0.15) is 0 Å². The average molecular weight is 360 g/mol. The Hall–Kier alpha value is -2.84. The van der Waals surface area contributed by atoms with E-state index in [1.165, 1.54) is 5.56 Å². The van der Waals surface area contributed by atoms with Crippen LogP contribution in [0.4, 0.5) is 0 Å². The third-order valence-electron chi connectivity index (χ3n) is 4.57. The summed E-state index contributed by atoms with van der Waals surface area (Å²) in [7, 11) is 0. The molecule has 0 aliphatic carbocycles. The number of nitrogens with zero attached hydrogens (tertiary/aromatic N) is 1. The predicted molar refractivity (Wildman–Crippen MR) is 107 cm³/mol. The molecular formula is C23H18ClNO. The first-order valence-electron chi connectivity index (χ1n) is 8.60. The molecular weight excluding hydrogens is 342 g/mol. The third-order valence-corrected chi connectivity index (χ3v) is 4.80. The van der Waals surface area contributed by atoms with E-state index in [4.69, 9.17) is 11.6 Å². The van der Waals surface area contributed by atoms with Gasteiger partial charge in [0.1, 0.15) is 0 Å². The van der Waals surface area contributed by atoms with Crippen LogP contribution in [-0.4, -0.2) is 10.4 Å². The molecule has 3 heteroatoms. The first kappa shape index (κ1) is 16.6. The van der Waals surface area contributed by atoms with Crippen molar-refractivity contribution in [2.45, 2.75) is 13.0 Å². The van der Waals surface area contributed by atoms with Crippen LogP contribution in [0.1, 0.15) is 21.5 Å². The molecule has 0 bridgehead atoms. The van der Waals surface area contributed by atoms with Crippen molar-refractivity contribution in [1.29, 1.82) is 0 Å². The highest BCUT2D eigenvalue weighted by Gasteiger charge is 2.14. The van der Waals surface area contributed by atoms with Crippen LogP contribution in [0, 0.1) is 0 Å². The average Bonchev–Trinajstić information content (AvgIpc) is 2.99. The van der Waals surface area contributed by atoms with Crippen LogP contribution in [0.5, 0.6) is 0 Å². The highest BCUT2D eigenvalue weighted by molar-refractivity contribution is 6.31. The second-order valence-corrected chi connectivity index (χ2v) is 6.83. The molecule has 128 valence electrons. The monoisotopic (exact) mass is 359 g/mol. The standard InChI is InChI=1S/C23H18ClNO/c24-20-11-12-22-21(14-20)19(13-23(26)18-9-5-2-6-10-18)16-25(22)15-17-7-3-1-4-8-17/h1-12,14,16H,13,15H2. The molecule has 0 N–H and O–H groups in total.